The van der Waals surface area contributed by atoms with Crippen molar-refractivity contribution in [2.45, 2.75) is 67.2 Å². The number of nitrogen functional groups attached to an aromatic ring is 1. The summed E-state index contributed by atoms with van der Waals surface area (Å²) in [5.74, 6) is 3.95. The molecule has 13 heterocycles. The molecule has 0 radical (unpaired) electrons. The Morgan fingerprint density at radius 1 is 0.343 bits per heavy atom. The minimum absolute atomic E-state index is 0. The van der Waals surface area contributed by atoms with Crippen LogP contribution < -0.4 is 37.6 Å². The molecule has 0 atom stereocenters. The van der Waals surface area contributed by atoms with Gasteiger partial charge in [-0.05, 0) is 172 Å². The molecule has 3 aliphatic heterocycles. The number of ketones is 4. The number of carbonyl (C=O) groups is 4. The maximum absolute atomic E-state index is 12.5. The van der Waals surface area contributed by atoms with Gasteiger partial charge in [0.2, 0.25) is 0 Å². The molecule has 728 valence electrons. The molecule has 8 N–H and O–H groups in total. The Labute approximate surface area is 866 Å². The Morgan fingerprint density at radius 2 is 0.614 bits per heavy atom. The number of hydrogen-bond donors (Lipinski definition) is 7. The van der Waals surface area contributed by atoms with E-state index in [0.717, 1.165) is 185 Å². The molecule has 37 heteroatoms. The monoisotopic (exact) mass is 2270 g/mol. The van der Waals surface area contributed by atoms with Gasteiger partial charge < -0.3 is 37.6 Å². The minimum Gasteiger partial charge on any atom is -0.384 e. The van der Waals surface area contributed by atoms with Crippen LogP contribution in [0.2, 0.25) is 0 Å². The molecule has 18 rings (SSSR count). The summed E-state index contributed by atoms with van der Waals surface area (Å²) >= 11 is 20.6. The first kappa shape index (κ1) is 108. The van der Waals surface area contributed by atoms with Gasteiger partial charge in [-0.25, -0.2) is 59.2 Å². The molecule has 5 aromatic carbocycles. The third-order valence-electron chi connectivity index (χ3n) is 21.6. The van der Waals surface area contributed by atoms with Crippen LogP contribution in [0.1, 0.15) is 67.2 Å². The smallest absolute Gasteiger partial charge is 0.161 e. The van der Waals surface area contributed by atoms with Crippen LogP contribution >= 0.6 is 95.6 Å². The molecule has 140 heavy (non-hydrogen) atoms. The first-order valence-corrected chi connectivity index (χ1v) is 49.3. The van der Waals surface area contributed by atoms with Crippen molar-refractivity contribution in [1.82, 2.24) is 99.7 Å². The van der Waals surface area contributed by atoms with Crippen LogP contribution in [-0.2, 0) is 44.9 Å². The van der Waals surface area contributed by atoms with Crippen LogP contribution in [-0.4, -0.2) is 221 Å². The topological polar surface area (TPSA) is 373 Å². The van der Waals surface area contributed by atoms with E-state index in [1.165, 1.54) is 50.9 Å². The van der Waals surface area contributed by atoms with E-state index in [0.29, 0.717) is 75.1 Å². The molecule has 0 saturated carbocycles. The zero-order chi connectivity index (χ0) is 95.5. The number of hydrogen-bond acceptors (Lipinski definition) is 30. The summed E-state index contributed by atoms with van der Waals surface area (Å²) in [7, 11) is 0. The first-order valence-electron chi connectivity index (χ1n) is 44.2. The fourth-order valence-corrected chi connectivity index (χ4v) is 17.0. The number of benzene rings is 5. The van der Waals surface area contributed by atoms with Crippen molar-refractivity contribution in [1.29, 1.82) is 0 Å². The zero-order valence-corrected chi connectivity index (χ0v) is 84.0. The van der Waals surface area contributed by atoms with Crippen molar-refractivity contribution in [3.63, 3.8) is 0 Å². The van der Waals surface area contributed by atoms with E-state index < -0.39 is 0 Å². The largest absolute Gasteiger partial charge is 0.384 e. The van der Waals surface area contributed by atoms with Crippen LogP contribution in [0, 0.1) is 0 Å². The number of fused-ring (bicyclic) bond motifs is 5. The lowest BCUT2D eigenvalue weighted by atomic mass is 10.1. The lowest BCUT2D eigenvalue weighted by Gasteiger charge is -2.33. The summed E-state index contributed by atoms with van der Waals surface area (Å²) in [4.78, 5) is 123. The van der Waals surface area contributed by atoms with Gasteiger partial charge in [0.1, 0.15) is 73.2 Å². The number of piperazine rings is 2. The third kappa shape index (κ3) is 34.0. The molecule has 0 spiro atoms. The molecule has 3 fully saturated rings. The number of allylic oxidation sites excluding steroid dienone is 5. The molecule has 3 saturated heterocycles. The van der Waals surface area contributed by atoms with Crippen LogP contribution in [0.15, 0.2) is 285 Å². The second-order valence-electron chi connectivity index (χ2n) is 31.8. The van der Waals surface area contributed by atoms with Crippen molar-refractivity contribution < 1.29 is 26.4 Å². The fourth-order valence-electron chi connectivity index (χ4n) is 14.9. The van der Waals surface area contributed by atoms with Crippen molar-refractivity contribution in [3.8, 4) is 0 Å². The van der Waals surface area contributed by atoms with E-state index in [1.54, 1.807) is 67.4 Å². The van der Waals surface area contributed by atoms with E-state index >= 15 is 0 Å². The average molecular weight is 2280 g/mol. The predicted octanol–water partition coefficient (Wildman–Crippen LogP) is 21.7. The molecular formula is C103H113Br6FN26O4. The number of nitrogens with zero attached hydrogens (tertiary/aromatic N) is 19. The number of pyridine rings is 5. The van der Waals surface area contributed by atoms with E-state index in [9.17, 15) is 23.6 Å². The summed E-state index contributed by atoms with van der Waals surface area (Å²) in [6.07, 6.45) is 34.8. The number of aromatic nitrogens is 15. The molecule has 10 aromatic heterocycles. The average Bonchev–Trinajstić information content (AvgIpc) is 0.815. The van der Waals surface area contributed by atoms with Crippen LogP contribution in [0.3, 0.4) is 0 Å². The Morgan fingerprint density at radius 3 is 0.907 bits per heavy atom. The lowest BCUT2D eigenvalue weighted by molar-refractivity contribution is -0.114. The van der Waals surface area contributed by atoms with Gasteiger partial charge in [0.15, 0.2) is 23.1 Å². The normalized spacial score (nSPS) is 13.4. The third-order valence-corrected chi connectivity index (χ3v) is 24.5. The first-order chi connectivity index (χ1) is 66.8. The number of alkyl halides is 2. The molecule has 3 aliphatic rings. The highest BCUT2D eigenvalue weighted by Gasteiger charge is 2.20. The van der Waals surface area contributed by atoms with Crippen molar-refractivity contribution in [3.05, 3.63) is 308 Å². The van der Waals surface area contributed by atoms with Crippen molar-refractivity contribution in [2.75, 3.05) is 136 Å². The molecule has 0 aliphatic carbocycles. The number of rotatable bonds is 31. The van der Waals surface area contributed by atoms with Crippen LogP contribution in [0.5, 0.6) is 0 Å². The predicted molar refractivity (Wildman–Crippen MR) is 586 cm³/mol. The summed E-state index contributed by atoms with van der Waals surface area (Å²) in [5.41, 5.74) is 16.7. The maximum Gasteiger partial charge on any atom is 0.161 e. The highest BCUT2D eigenvalue weighted by atomic mass is 79.9. The fraction of sp³-hybridized carbons (Fsp3) is 0.252. The number of nitrogens with two attached hydrogens (primary N) is 1. The number of carbonyl (C=O) groups excluding carboxylic acids is 4. The maximum atomic E-state index is 12.5. The Bertz CT molecular complexity index is 6660. The molecule has 0 bridgehead atoms. The second-order valence-corrected chi connectivity index (χ2v) is 37.0. The highest BCUT2D eigenvalue weighted by Crippen LogP contribution is 2.32. The molecule has 0 amide bonds. The van der Waals surface area contributed by atoms with Gasteiger partial charge in [-0.15, -0.1) is 0 Å². The van der Waals surface area contributed by atoms with Crippen molar-refractivity contribution in [2.24, 2.45) is 0 Å². The number of piperidine rings is 1. The summed E-state index contributed by atoms with van der Waals surface area (Å²) in [6.45, 7) is 12.3. The molecule has 0 unspecified atom stereocenters. The van der Waals surface area contributed by atoms with Gasteiger partial charge in [-0.1, -0.05) is 179 Å². The Kier molecular flexibility index (Phi) is 43.3. The van der Waals surface area contributed by atoms with Gasteiger partial charge in [0.05, 0.1) is 84.3 Å². The summed E-state index contributed by atoms with van der Waals surface area (Å²) in [5, 5.41) is 24.6. The quantitative estimate of drug-likeness (QED) is 0.0157. The Hall–Kier alpha value is -12.4. The highest BCUT2D eigenvalue weighted by molar-refractivity contribution is 9.11. The van der Waals surface area contributed by atoms with Crippen molar-refractivity contribution >= 4 is 237 Å². The van der Waals surface area contributed by atoms with Gasteiger partial charge in [-0.3, -0.25) is 58.7 Å². The van der Waals surface area contributed by atoms with E-state index in [-0.39, 0.29) is 80.6 Å². The molecule has 15 aromatic rings. The van der Waals surface area contributed by atoms with Gasteiger partial charge in [0.25, 0.3) is 0 Å². The SMILES string of the molecule is C.C.C.Nc1cc2c(Nc3cccc(Br)c3)ncnc2cn1.O=C(/C=C/CBr)Cc1cc2c(Nc3cccc(Br)c3)ncnc2cn1.O=C(/C=C/CN1CCCCC1)Cc1cc2c(Nc3cccc(Br)c3)ncnc2cn1.O=C(/C=C/CN1CCN(CCF)CC1)Cc1cc2c(Nc3cccc(Br)c3)ncnc2cn1.O=C(/C=C/CN1CCNCC1)Cc1cc2c(Nc3cccc(Br)c3)ncnc2cn1.[HH].[HH]. The lowest BCUT2D eigenvalue weighted by Crippen LogP contribution is -2.46. The Balaban J connectivity index is 0.000000198. The van der Waals surface area contributed by atoms with E-state index in [1.807, 2.05) is 164 Å². The van der Waals surface area contributed by atoms with E-state index in [2.05, 4.69) is 222 Å². The van der Waals surface area contributed by atoms with Crippen LogP contribution in [0.4, 0.5) is 67.7 Å². The van der Waals surface area contributed by atoms with Gasteiger partial charge in [-0.2, -0.15) is 0 Å². The molecule has 30 nitrogen and oxygen atoms in total. The minimum atomic E-state index is -0.301. The standard InChI is InChI=1S/C24H26BrFN6O.C23H24BrN5O.C22H23BrN6O.C18H14Br2N4O.C13H10BrN5.3CH4.2H2/c25-18-3-1-4-19(13-18)30-24-22-15-20(27-16-23(22)28-17-29-24)14-21(33)5-2-7-31-9-11-32(8-6-26)12-10-31;24-17-6-4-7-18(12-17)28-23-21-14-19(25-15-22(21)26-16-27-23)13-20(30)8-5-11-29-9-2-1-3-10-29;23-16-3-1-4-17(11-16)28-22-20-13-18(25-14-21(20)26-15-27-22)12-19(30)5-2-8-29-9-6-24-7-10-29;19-6-2-5-15(25)8-14-9-16-17(10-21-14)22-11-23-18(16)24-13-4-1-3-12(20)7-13;14-8-2-1-3-9(4-8)19-13-10-5-12(15)16-6-11(10)17-7-18-13;;;;;/h1-5,13,15-17H,6-12,14H2,(H,28,29,30);4-8,12,14-16H,1-3,9-11,13H2,(H,26,27,28);1-5,11,13-15,24H,6-10,12H2,(H,26,27,28);1-5,7,9-11H,6,8H2,(H,22,23,24);1-7H,(H2,15,16)(H,17,18,19);3*1H4;2*1H/b5-2+;8-5+;2*5-2+;;;;;;. The van der Waals surface area contributed by atoms with Gasteiger partial charge in [0, 0.05) is 187 Å². The summed E-state index contributed by atoms with van der Waals surface area (Å²) < 4.78 is 17.3. The molecular weight excluding hydrogens is 2160 g/mol. The van der Waals surface area contributed by atoms with Crippen LogP contribution in [0.25, 0.3) is 54.5 Å². The number of nitrogens with one attached hydrogen (secondary N) is 6. The summed E-state index contributed by atoms with van der Waals surface area (Å²) in [6, 6.07) is 48.5. The number of anilines is 11. The van der Waals surface area contributed by atoms with E-state index in [4.69, 9.17) is 5.73 Å². The second kappa shape index (κ2) is 56.1. The number of likely N-dealkylation sites (tertiary alicyclic amines) is 1. The number of halogens is 7. The zero-order valence-electron chi connectivity index (χ0n) is 74.4. The van der Waals surface area contributed by atoms with Gasteiger partial charge >= 0.3 is 0 Å².